The fourth-order valence-electron chi connectivity index (χ4n) is 5.40. The van der Waals surface area contributed by atoms with Crippen LogP contribution in [0.15, 0.2) is 48.5 Å². The van der Waals surface area contributed by atoms with Gasteiger partial charge in [-0.3, -0.25) is 9.69 Å². The number of amides is 2. The van der Waals surface area contributed by atoms with Crippen molar-refractivity contribution in [3.8, 4) is 5.75 Å². The predicted molar refractivity (Wildman–Crippen MR) is 144 cm³/mol. The van der Waals surface area contributed by atoms with Crippen molar-refractivity contribution < 1.29 is 19.4 Å². The molecule has 2 fully saturated rings. The van der Waals surface area contributed by atoms with Crippen LogP contribution in [-0.2, 0) is 17.8 Å². The molecule has 2 saturated heterocycles. The lowest BCUT2D eigenvalue weighted by Gasteiger charge is -2.40. The minimum absolute atomic E-state index is 0.00220. The average molecular weight is 529 g/mol. The van der Waals surface area contributed by atoms with E-state index < -0.39 is 12.1 Å². The van der Waals surface area contributed by atoms with Gasteiger partial charge in [0.1, 0.15) is 11.8 Å². The predicted octanol–water partition coefficient (Wildman–Crippen LogP) is 3.58. The second-order valence-electron chi connectivity index (χ2n) is 9.90. The van der Waals surface area contributed by atoms with Crippen molar-refractivity contribution in [3.05, 3.63) is 64.7 Å². The lowest BCUT2D eigenvalue weighted by molar-refractivity contribution is -0.137. The molecule has 0 spiro atoms. The normalized spacial score (nSPS) is 18.4. The molecule has 2 aromatic rings. The number of nitrogens with one attached hydrogen (secondary N) is 1. The minimum Gasteiger partial charge on any atom is -0.496 e. The van der Waals surface area contributed by atoms with Crippen molar-refractivity contribution >= 4 is 23.6 Å². The topological polar surface area (TPSA) is 85.3 Å². The summed E-state index contributed by atoms with van der Waals surface area (Å²) in [5.41, 5.74) is 2.33. The molecule has 8 nitrogen and oxygen atoms in total. The first-order valence-corrected chi connectivity index (χ1v) is 13.4. The number of rotatable bonds is 9. The number of piperidine rings is 1. The summed E-state index contributed by atoms with van der Waals surface area (Å²) in [5, 5.41) is 12.8. The average Bonchev–Trinajstić information content (AvgIpc) is 2.91. The van der Waals surface area contributed by atoms with Crippen LogP contribution in [0.2, 0.25) is 5.02 Å². The van der Waals surface area contributed by atoms with Crippen molar-refractivity contribution in [2.45, 2.75) is 31.8 Å². The van der Waals surface area contributed by atoms with E-state index in [0.29, 0.717) is 13.1 Å². The van der Waals surface area contributed by atoms with E-state index in [1.807, 2.05) is 41.3 Å². The zero-order chi connectivity index (χ0) is 26.2. The molecule has 2 aliphatic heterocycles. The molecule has 0 bridgehead atoms. The number of hydrogen-bond acceptors (Lipinski definition) is 5. The Morgan fingerprint density at radius 3 is 2.43 bits per heavy atom. The minimum atomic E-state index is -1.14. The van der Waals surface area contributed by atoms with Crippen molar-refractivity contribution in [2.24, 2.45) is 5.92 Å². The highest BCUT2D eigenvalue weighted by atomic mass is 35.5. The van der Waals surface area contributed by atoms with E-state index >= 15 is 0 Å². The third kappa shape index (κ3) is 7.60. The number of ether oxygens (including phenoxy) is 1. The quantitative estimate of drug-likeness (QED) is 0.517. The van der Waals surface area contributed by atoms with Gasteiger partial charge in [-0.05, 0) is 62.0 Å². The van der Waals surface area contributed by atoms with Gasteiger partial charge in [0.2, 0.25) is 5.91 Å². The molecule has 2 aliphatic rings. The Kier molecular flexibility index (Phi) is 9.66. The number of likely N-dealkylation sites (tertiary alicyclic amines) is 1. The van der Waals surface area contributed by atoms with E-state index in [2.05, 4.69) is 27.2 Å². The molecule has 2 heterocycles. The second kappa shape index (κ2) is 13.1. The van der Waals surface area contributed by atoms with Crippen molar-refractivity contribution in [3.63, 3.8) is 0 Å². The molecular formula is C28H37ClN4O4. The number of halogens is 1. The van der Waals surface area contributed by atoms with E-state index in [9.17, 15) is 14.7 Å². The smallest absolute Gasteiger partial charge is 0.405 e. The fourth-order valence-corrected chi connectivity index (χ4v) is 5.61. The van der Waals surface area contributed by atoms with Crippen LogP contribution in [0.1, 0.15) is 24.0 Å². The van der Waals surface area contributed by atoms with Crippen LogP contribution < -0.4 is 10.1 Å². The second-order valence-corrected chi connectivity index (χ2v) is 10.3. The van der Waals surface area contributed by atoms with Gasteiger partial charge in [-0.25, -0.2) is 4.79 Å². The van der Waals surface area contributed by atoms with E-state index in [4.69, 9.17) is 16.3 Å². The van der Waals surface area contributed by atoms with Gasteiger partial charge in [0, 0.05) is 49.9 Å². The van der Waals surface area contributed by atoms with E-state index in [0.717, 1.165) is 74.9 Å². The summed E-state index contributed by atoms with van der Waals surface area (Å²) in [6, 6.07) is 15.2. The van der Waals surface area contributed by atoms with Crippen LogP contribution in [0.3, 0.4) is 0 Å². The van der Waals surface area contributed by atoms with E-state index in [1.54, 1.807) is 7.11 Å². The van der Waals surface area contributed by atoms with Gasteiger partial charge < -0.3 is 25.0 Å². The number of hydrogen-bond donors (Lipinski definition) is 2. The first-order valence-electron chi connectivity index (χ1n) is 13.0. The maximum atomic E-state index is 13.5. The Balaban J connectivity index is 1.28. The Labute approximate surface area is 224 Å². The SMILES string of the molecule is COc1ccccc1CN1CCN(C(=O)[C@H](NC(=O)O)C2CCN(CCc3cccc(Cl)c3)CC2)CC1. The van der Waals surface area contributed by atoms with Gasteiger partial charge in [-0.15, -0.1) is 0 Å². The van der Waals surface area contributed by atoms with Crippen molar-refractivity contribution in [2.75, 3.05) is 52.9 Å². The van der Waals surface area contributed by atoms with Crippen LogP contribution >= 0.6 is 11.6 Å². The van der Waals surface area contributed by atoms with Gasteiger partial charge in [0.15, 0.2) is 0 Å². The van der Waals surface area contributed by atoms with Gasteiger partial charge >= 0.3 is 6.09 Å². The Morgan fingerprint density at radius 2 is 1.76 bits per heavy atom. The number of carbonyl (C=O) groups is 2. The summed E-state index contributed by atoms with van der Waals surface area (Å²) >= 11 is 6.10. The first-order chi connectivity index (χ1) is 17.9. The van der Waals surface area contributed by atoms with Crippen LogP contribution in [0, 0.1) is 5.92 Å². The highest BCUT2D eigenvalue weighted by molar-refractivity contribution is 6.30. The number of piperazine rings is 1. The molecule has 2 aromatic carbocycles. The molecule has 0 aromatic heterocycles. The molecule has 0 saturated carbocycles. The molecule has 0 aliphatic carbocycles. The van der Waals surface area contributed by atoms with Gasteiger partial charge in [0.05, 0.1) is 7.11 Å². The molecule has 2 N–H and O–H groups in total. The zero-order valence-corrected chi connectivity index (χ0v) is 22.2. The van der Waals surface area contributed by atoms with Crippen molar-refractivity contribution in [1.29, 1.82) is 0 Å². The third-order valence-electron chi connectivity index (χ3n) is 7.52. The van der Waals surface area contributed by atoms with Crippen LogP contribution in [-0.4, -0.2) is 90.8 Å². The maximum absolute atomic E-state index is 13.5. The monoisotopic (exact) mass is 528 g/mol. The highest BCUT2D eigenvalue weighted by Gasteiger charge is 2.36. The summed E-state index contributed by atoms with van der Waals surface area (Å²) < 4.78 is 5.47. The Morgan fingerprint density at radius 1 is 1.03 bits per heavy atom. The maximum Gasteiger partial charge on any atom is 0.405 e. The molecule has 1 atom stereocenters. The lowest BCUT2D eigenvalue weighted by Crippen LogP contribution is -2.57. The van der Waals surface area contributed by atoms with Crippen LogP contribution in [0.5, 0.6) is 5.75 Å². The van der Waals surface area contributed by atoms with E-state index in [1.165, 1.54) is 5.56 Å². The number of para-hydroxylation sites is 1. The van der Waals surface area contributed by atoms with Gasteiger partial charge in [0.25, 0.3) is 0 Å². The largest absolute Gasteiger partial charge is 0.496 e. The lowest BCUT2D eigenvalue weighted by atomic mass is 9.88. The van der Waals surface area contributed by atoms with Crippen LogP contribution in [0.25, 0.3) is 0 Å². The van der Waals surface area contributed by atoms with Crippen LogP contribution in [0.4, 0.5) is 4.79 Å². The number of nitrogens with zero attached hydrogens (tertiary/aromatic N) is 3. The first kappa shape index (κ1) is 27.2. The molecule has 37 heavy (non-hydrogen) atoms. The summed E-state index contributed by atoms with van der Waals surface area (Å²) in [5.74, 6) is 0.764. The molecule has 4 rings (SSSR count). The Hall–Kier alpha value is -2.81. The fraction of sp³-hybridized carbons (Fsp3) is 0.500. The molecule has 0 radical (unpaired) electrons. The number of benzene rings is 2. The van der Waals surface area contributed by atoms with Gasteiger partial charge in [-0.1, -0.05) is 41.9 Å². The summed E-state index contributed by atoms with van der Waals surface area (Å²) in [6.45, 7) is 6.04. The molecule has 2 amide bonds. The summed E-state index contributed by atoms with van der Waals surface area (Å²) in [4.78, 5) is 31.6. The van der Waals surface area contributed by atoms with Gasteiger partial charge in [-0.2, -0.15) is 0 Å². The molecule has 0 unspecified atom stereocenters. The summed E-state index contributed by atoms with van der Waals surface area (Å²) in [7, 11) is 1.68. The summed E-state index contributed by atoms with van der Waals surface area (Å²) in [6.07, 6.45) is 1.36. The number of carboxylic acid groups (broad SMARTS) is 1. The molecule has 200 valence electrons. The number of carbonyl (C=O) groups excluding carboxylic acids is 1. The van der Waals surface area contributed by atoms with E-state index in [-0.39, 0.29) is 11.8 Å². The molecular weight excluding hydrogens is 492 g/mol. The highest BCUT2D eigenvalue weighted by Crippen LogP contribution is 2.24. The number of methoxy groups -OCH3 is 1. The zero-order valence-electron chi connectivity index (χ0n) is 21.4. The Bertz CT molecular complexity index is 1050. The standard InChI is InChI=1S/C28H37ClN4O4/c1-37-25-8-3-2-6-23(25)20-32-15-17-33(18-16-32)27(34)26(30-28(35)36)22-10-13-31(14-11-22)12-9-21-5-4-7-24(29)19-21/h2-8,19,22,26,30H,9-18,20H2,1H3,(H,35,36)/t26-/m1/s1. The molecule has 9 heteroatoms. The third-order valence-corrected chi connectivity index (χ3v) is 7.76. The van der Waals surface area contributed by atoms with Crippen molar-refractivity contribution in [1.82, 2.24) is 20.0 Å².